The van der Waals surface area contributed by atoms with Gasteiger partial charge in [-0.25, -0.2) is 4.79 Å². The minimum atomic E-state index is -0.346. The van der Waals surface area contributed by atoms with Gasteiger partial charge in [0, 0.05) is 0 Å². The fourth-order valence-corrected chi connectivity index (χ4v) is 0.876. The monoisotopic (exact) mass is 246 g/mol. The third-order valence-electron chi connectivity index (χ3n) is 1.54. The first-order chi connectivity index (χ1) is 7.65. The summed E-state index contributed by atoms with van der Waals surface area (Å²) in [4.78, 5) is 11.2. The summed E-state index contributed by atoms with van der Waals surface area (Å²) >= 11 is 0. The average molecular weight is 246 g/mol. The third-order valence-corrected chi connectivity index (χ3v) is 1.54. The Morgan fingerprint density at radius 2 is 1.88 bits per heavy atom. The second-order valence-corrected chi connectivity index (χ2v) is 3.09. The molecule has 0 heterocycles. The van der Waals surface area contributed by atoms with Crippen LogP contribution in [0.25, 0.3) is 0 Å². The van der Waals surface area contributed by atoms with Crippen LogP contribution >= 0.6 is 0 Å². The zero-order valence-electron chi connectivity index (χ0n) is 9.77. The molecule has 0 aliphatic carbocycles. The number of aromatic hydroxyl groups is 1. The summed E-state index contributed by atoms with van der Waals surface area (Å²) in [7, 11) is 0. The molecular formula is C13H19NaO3. The zero-order chi connectivity index (χ0) is 12.4. The molecule has 90 valence electrons. The van der Waals surface area contributed by atoms with Gasteiger partial charge in [0.05, 0.1) is 12.2 Å². The molecule has 0 spiro atoms. The Balaban J connectivity index is 0. The first-order valence-corrected chi connectivity index (χ1v) is 5.18. The van der Waals surface area contributed by atoms with Crippen molar-refractivity contribution in [3.05, 3.63) is 42.5 Å². The fraction of sp³-hybridized carbons (Fsp3) is 0.308. The number of ether oxygens (including phenoxy) is 1. The van der Waals surface area contributed by atoms with E-state index in [-0.39, 0.29) is 41.3 Å². The summed E-state index contributed by atoms with van der Waals surface area (Å²) in [6, 6.07) is 5.99. The molecule has 0 aliphatic rings. The molecule has 0 aromatic heterocycles. The van der Waals surface area contributed by atoms with Crippen LogP contribution in [0.4, 0.5) is 0 Å². The summed E-state index contributed by atoms with van der Waals surface area (Å²) in [6.07, 6.45) is 2.56. The van der Waals surface area contributed by atoms with Crippen LogP contribution in [-0.2, 0) is 4.74 Å². The molecular weight excluding hydrogens is 227 g/mol. The Morgan fingerprint density at radius 1 is 1.41 bits per heavy atom. The van der Waals surface area contributed by atoms with Crippen LogP contribution in [0.1, 0.15) is 30.6 Å². The van der Waals surface area contributed by atoms with Gasteiger partial charge in [0.15, 0.2) is 0 Å². The molecule has 1 rings (SSSR count). The Morgan fingerprint density at radius 3 is 2.29 bits per heavy atom. The van der Waals surface area contributed by atoms with Crippen LogP contribution in [0.15, 0.2) is 36.9 Å². The maximum absolute atomic E-state index is 11.2. The van der Waals surface area contributed by atoms with E-state index in [1.54, 1.807) is 6.08 Å². The minimum absolute atomic E-state index is 0. The van der Waals surface area contributed by atoms with Crippen molar-refractivity contribution in [2.75, 3.05) is 6.61 Å². The number of rotatable bonds is 3. The van der Waals surface area contributed by atoms with Crippen molar-refractivity contribution in [2.24, 2.45) is 0 Å². The van der Waals surface area contributed by atoms with Crippen molar-refractivity contribution in [3.63, 3.8) is 0 Å². The number of carbonyl (C=O) groups excluding carboxylic acids is 1. The van der Waals surface area contributed by atoms with Gasteiger partial charge in [0.25, 0.3) is 0 Å². The van der Waals surface area contributed by atoms with Crippen molar-refractivity contribution in [3.8, 4) is 5.75 Å². The number of benzene rings is 1. The SMILES string of the molecule is C=CC.CCCOC(=O)c1ccc(O)cc1.[NaH]. The number of carbonyl (C=O) groups is 1. The van der Waals surface area contributed by atoms with Gasteiger partial charge in [-0.1, -0.05) is 13.0 Å². The second-order valence-electron chi connectivity index (χ2n) is 3.09. The first-order valence-electron chi connectivity index (χ1n) is 5.18. The average Bonchev–Trinajstić information content (AvgIpc) is 2.28. The van der Waals surface area contributed by atoms with Gasteiger partial charge >= 0.3 is 35.5 Å². The molecule has 0 bridgehead atoms. The molecule has 1 aromatic rings. The Kier molecular flexibility index (Phi) is 12.8. The topological polar surface area (TPSA) is 46.5 Å². The number of hydrogen-bond donors (Lipinski definition) is 1. The van der Waals surface area contributed by atoms with Crippen LogP contribution < -0.4 is 0 Å². The van der Waals surface area contributed by atoms with E-state index in [2.05, 4.69) is 6.58 Å². The molecule has 3 nitrogen and oxygen atoms in total. The van der Waals surface area contributed by atoms with E-state index in [1.165, 1.54) is 24.3 Å². The van der Waals surface area contributed by atoms with Gasteiger partial charge in [0.2, 0.25) is 0 Å². The first kappa shape index (κ1) is 18.6. The molecule has 0 aliphatic heterocycles. The molecule has 0 atom stereocenters. The normalized spacial score (nSPS) is 8.12. The molecule has 0 saturated heterocycles. The third kappa shape index (κ3) is 8.98. The molecule has 17 heavy (non-hydrogen) atoms. The van der Waals surface area contributed by atoms with Gasteiger partial charge in [-0.3, -0.25) is 0 Å². The van der Waals surface area contributed by atoms with Crippen molar-refractivity contribution < 1.29 is 14.6 Å². The summed E-state index contributed by atoms with van der Waals surface area (Å²) in [6.45, 7) is 7.61. The second kappa shape index (κ2) is 11.7. The van der Waals surface area contributed by atoms with Crippen molar-refractivity contribution >= 4 is 35.5 Å². The molecule has 0 amide bonds. The Bertz CT molecular complexity index is 320. The van der Waals surface area contributed by atoms with Gasteiger partial charge in [-0.05, 0) is 37.6 Å². The zero-order valence-corrected chi connectivity index (χ0v) is 9.77. The molecule has 0 fully saturated rings. The quantitative estimate of drug-likeness (QED) is 0.506. The number of phenolic OH excluding ortho intramolecular Hbond substituents is 1. The Labute approximate surface area is 125 Å². The van der Waals surface area contributed by atoms with Gasteiger partial charge < -0.3 is 9.84 Å². The number of phenols is 1. The van der Waals surface area contributed by atoms with E-state index in [1.807, 2.05) is 13.8 Å². The number of hydrogen-bond acceptors (Lipinski definition) is 3. The molecule has 0 radical (unpaired) electrons. The van der Waals surface area contributed by atoms with Crippen LogP contribution in [0, 0.1) is 0 Å². The summed E-state index contributed by atoms with van der Waals surface area (Å²) in [5, 5.41) is 8.96. The fourth-order valence-electron chi connectivity index (χ4n) is 0.876. The summed E-state index contributed by atoms with van der Waals surface area (Å²) < 4.78 is 4.90. The van der Waals surface area contributed by atoms with E-state index in [0.29, 0.717) is 12.2 Å². The molecule has 0 unspecified atom stereocenters. The Hall–Kier alpha value is -0.770. The standard InChI is InChI=1S/C10H12O3.C3H6.Na.H/c1-2-7-13-10(12)8-3-5-9(11)6-4-8;1-3-2;;/h3-6,11H,2,7H2,1H3;3H,1H2,2H3;;. The van der Waals surface area contributed by atoms with Crippen LogP contribution in [0.3, 0.4) is 0 Å². The summed E-state index contributed by atoms with van der Waals surface area (Å²) in [5.41, 5.74) is 0.464. The molecule has 0 saturated carbocycles. The van der Waals surface area contributed by atoms with Crippen molar-refractivity contribution in [2.45, 2.75) is 20.3 Å². The van der Waals surface area contributed by atoms with E-state index in [0.717, 1.165) is 6.42 Å². The van der Waals surface area contributed by atoms with E-state index in [9.17, 15) is 4.79 Å². The van der Waals surface area contributed by atoms with Gasteiger partial charge in [-0.15, -0.1) is 6.58 Å². The summed E-state index contributed by atoms with van der Waals surface area (Å²) in [5.74, 6) is -0.200. The van der Waals surface area contributed by atoms with Crippen LogP contribution in [-0.4, -0.2) is 47.2 Å². The number of allylic oxidation sites excluding steroid dienone is 1. The number of esters is 1. The van der Waals surface area contributed by atoms with Gasteiger partial charge in [0.1, 0.15) is 5.75 Å². The van der Waals surface area contributed by atoms with Crippen molar-refractivity contribution in [1.29, 1.82) is 0 Å². The van der Waals surface area contributed by atoms with E-state index >= 15 is 0 Å². The predicted molar refractivity (Wildman–Crippen MR) is 71.7 cm³/mol. The predicted octanol–water partition coefficient (Wildman–Crippen LogP) is 2.50. The maximum atomic E-state index is 11.2. The van der Waals surface area contributed by atoms with E-state index in [4.69, 9.17) is 9.84 Å². The van der Waals surface area contributed by atoms with Crippen LogP contribution in [0.5, 0.6) is 5.75 Å². The molecule has 1 N–H and O–H groups in total. The van der Waals surface area contributed by atoms with Crippen molar-refractivity contribution in [1.82, 2.24) is 0 Å². The van der Waals surface area contributed by atoms with Gasteiger partial charge in [-0.2, -0.15) is 0 Å². The van der Waals surface area contributed by atoms with Crippen LogP contribution in [0.2, 0.25) is 0 Å². The molecule has 4 heteroatoms. The van der Waals surface area contributed by atoms with E-state index < -0.39 is 0 Å². The molecule has 1 aromatic carbocycles.